The Balaban J connectivity index is 1.81. The number of aromatic nitrogens is 1. The monoisotopic (exact) mass is 297 g/mol. The SMILES string of the molecule is CC1(C)CCC[C@]2(C)[C@H]3CCc4cnccc4[C@]3(C)CC[C@@H]12. The Kier molecular flexibility index (Phi) is 3.07. The van der Waals surface area contributed by atoms with Crippen molar-refractivity contribution in [3.05, 3.63) is 29.6 Å². The lowest BCUT2D eigenvalue weighted by atomic mass is 9.41. The Morgan fingerprint density at radius 1 is 1.00 bits per heavy atom. The first kappa shape index (κ1) is 14.7. The molecule has 0 spiro atoms. The van der Waals surface area contributed by atoms with Gasteiger partial charge in [-0.05, 0) is 83.8 Å². The van der Waals surface area contributed by atoms with E-state index in [1.54, 1.807) is 5.56 Å². The highest BCUT2D eigenvalue weighted by Gasteiger charge is 2.59. The summed E-state index contributed by atoms with van der Waals surface area (Å²) in [5.41, 5.74) is 4.61. The molecule has 0 aromatic carbocycles. The Labute approximate surface area is 135 Å². The molecular weight excluding hydrogens is 266 g/mol. The average molecular weight is 297 g/mol. The predicted octanol–water partition coefficient (Wildman–Crippen LogP) is 5.53. The van der Waals surface area contributed by atoms with Crippen LogP contribution in [0.1, 0.15) is 77.3 Å². The first-order valence-electron chi connectivity index (χ1n) is 9.31. The highest BCUT2D eigenvalue weighted by atomic mass is 14.7. The molecule has 0 bridgehead atoms. The average Bonchev–Trinajstić information content (AvgIpc) is 2.46. The van der Waals surface area contributed by atoms with Crippen molar-refractivity contribution < 1.29 is 0 Å². The minimum atomic E-state index is 0.384. The van der Waals surface area contributed by atoms with Crippen LogP contribution in [0, 0.1) is 22.7 Å². The number of hydrogen-bond acceptors (Lipinski definition) is 1. The van der Waals surface area contributed by atoms with Crippen LogP contribution in [0.4, 0.5) is 0 Å². The van der Waals surface area contributed by atoms with Crippen molar-refractivity contribution >= 4 is 0 Å². The topological polar surface area (TPSA) is 12.9 Å². The van der Waals surface area contributed by atoms with Gasteiger partial charge in [-0.2, -0.15) is 0 Å². The van der Waals surface area contributed by atoms with Crippen LogP contribution >= 0.6 is 0 Å². The van der Waals surface area contributed by atoms with E-state index in [1.807, 2.05) is 6.20 Å². The third-order valence-electron chi connectivity index (χ3n) is 8.01. The van der Waals surface area contributed by atoms with Gasteiger partial charge < -0.3 is 0 Å². The molecule has 0 amide bonds. The Bertz CT molecular complexity index is 589. The number of nitrogens with zero attached hydrogens (tertiary/aromatic N) is 1. The van der Waals surface area contributed by atoms with Crippen LogP contribution in [-0.2, 0) is 11.8 Å². The largest absolute Gasteiger partial charge is 0.264 e. The van der Waals surface area contributed by atoms with Gasteiger partial charge in [0, 0.05) is 12.4 Å². The molecule has 120 valence electrons. The van der Waals surface area contributed by atoms with Crippen LogP contribution in [0.2, 0.25) is 0 Å². The van der Waals surface area contributed by atoms with Gasteiger partial charge in [0.15, 0.2) is 0 Å². The van der Waals surface area contributed by atoms with E-state index in [9.17, 15) is 0 Å². The number of rotatable bonds is 0. The lowest BCUT2D eigenvalue weighted by molar-refractivity contribution is -0.110. The summed E-state index contributed by atoms with van der Waals surface area (Å²) < 4.78 is 0. The second-order valence-electron chi connectivity index (χ2n) is 9.48. The molecule has 3 aliphatic carbocycles. The van der Waals surface area contributed by atoms with Gasteiger partial charge in [-0.15, -0.1) is 0 Å². The maximum Gasteiger partial charge on any atom is 0.0302 e. The highest BCUT2D eigenvalue weighted by molar-refractivity contribution is 5.37. The van der Waals surface area contributed by atoms with Gasteiger partial charge in [0.25, 0.3) is 0 Å². The quantitative estimate of drug-likeness (QED) is 0.613. The highest BCUT2D eigenvalue weighted by Crippen LogP contribution is 2.66. The molecular formula is C21H31N. The van der Waals surface area contributed by atoms with Crippen LogP contribution in [0.25, 0.3) is 0 Å². The Hall–Kier alpha value is -0.850. The zero-order chi connectivity index (χ0) is 15.6. The molecule has 1 heteroatoms. The number of fused-ring (bicyclic) bond motifs is 5. The molecule has 22 heavy (non-hydrogen) atoms. The molecule has 2 saturated carbocycles. The van der Waals surface area contributed by atoms with E-state index in [0.29, 0.717) is 16.2 Å². The molecule has 1 nitrogen and oxygen atoms in total. The molecule has 1 heterocycles. The minimum Gasteiger partial charge on any atom is -0.264 e. The third-order valence-corrected chi connectivity index (χ3v) is 8.01. The van der Waals surface area contributed by atoms with E-state index in [1.165, 1.54) is 50.5 Å². The van der Waals surface area contributed by atoms with Gasteiger partial charge in [-0.3, -0.25) is 4.98 Å². The van der Waals surface area contributed by atoms with E-state index >= 15 is 0 Å². The summed E-state index contributed by atoms with van der Waals surface area (Å²) in [6.45, 7) is 10.3. The van der Waals surface area contributed by atoms with Gasteiger partial charge in [0.2, 0.25) is 0 Å². The van der Waals surface area contributed by atoms with Crippen LogP contribution in [-0.4, -0.2) is 4.98 Å². The fourth-order valence-electron chi connectivity index (χ4n) is 7.10. The Morgan fingerprint density at radius 3 is 2.64 bits per heavy atom. The maximum atomic E-state index is 4.39. The zero-order valence-electron chi connectivity index (χ0n) is 14.8. The molecule has 4 rings (SSSR count). The number of aryl methyl sites for hydroxylation is 1. The van der Waals surface area contributed by atoms with Gasteiger partial charge in [-0.25, -0.2) is 0 Å². The van der Waals surface area contributed by atoms with E-state index in [2.05, 4.69) is 44.9 Å². The van der Waals surface area contributed by atoms with Crippen molar-refractivity contribution in [3.8, 4) is 0 Å². The predicted molar refractivity (Wildman–Crippen MR) is 91.9 cm³/mol. The standard InChI is InChI=1S/C21H31N/c1-19(2)10-5-11-21(4)17(19)8-12-20(3)16-9-13-22-14-15(16)6-7-18(20)21/h9,13-14,17-18H,5-8,10-12H2,1-4H3/t17-,18-,20-,21-/m0/s1. The van der Waals surface area contributed by atoms with E-state index < -0.39 is 0 Å². The number of hydrogen-bond donors (Lipinski definition) is 0. The van der Waals surface area contributed by atoms with E-state index in [0.717, 1.165) is 11.8 Å². The smallest absolute Gasteiger partial charge is 0.0302 e. The molecule has 0 aliphatic heterocycles. The molecule has 0 N–H and O–H groups in total. The molecule has 0 saturated heterocycles. The van der Waals surface area contributed by atoms with Crippen molar-refractivity contribution in [1.82, 2.24) is 4.98 Å². The normalized spacial score (nSPS) is 42.9. The third kappa shape index (κ3) is 1.80. The van der Waals surface area contributed by atoms with Gasteiger partial charge in [0.05, 0.1) is 0 Å². The maximum absolute atomic E-state index is 4.39. The lowest BCUT2D eigenvalue weighted by Gasteiger charge is -2.64. The van der Waals surface area contributed by atoms with Crippen LogP contribution in [0.15, 0.2) is 18.5 Å². The molecule has 3 aliphatic rings. The summed E-state index contributed by atoms with van der Waals surface area (Å²) in [5, 5.41) is 0. The van der Waals surface area contributed by atoms with Crippen molar-refractivity contribution in [1.29, 1.82) is 0 Å². The summed E-state index contributed by atoms with van der Waals surface area (Å²) in [6.07, 6.45) is 13.9. The summed E-state index contributed by atoms with van der Waals surface area (Å²) in [4.78, 5) is 4.39. The van der Waals surface area contributed by atoms with Crippen molar-refractivity contribution in [3.63, 3.8) is 0 Å². The van der Waals surface area contributed by atoms with E-state index in [4.69, 9.17) is 0 Å². The second kappa shape index (κ2) is 4.58. The van der Waals surface area contributed by atoms with Crippen molar-refractivity contribution in [2.75, 3.05) is 0 Å². The summed E-state index contributed by atoms with van der Waals surface area (Å²) in [6, 6.07) is 2.33. The lowest BCUT2D eigenvalue weighted by Crippen LogP contribution is -2.57. The molecule has 0 unspecified atom stereocenters. The van der Waals surface area contributed by atoms with Crippen LogP contribution < -0.4 is 0 Å². The zero-order valence-corrected chi connectivity index (χ0v) is 14.8. The summed E-state index contributed by atoms with van der Waals surface area (Å²) >= 11 is 0. The van der Waals surface area contributed by atoms with Crippen LogP contribution in [0.3, 0.4) is 0 Å². The van der Waals surface area contributed by atoms with Gasteiger partial charge >= 0.3 is 0 Å². The van der Waals surface area contributed by atoms with E-state index in [-0.39, 0.29) is 0 Å². The fourth-order valence-corrected chi connectivity index (χ4v) is 7.10. The molecule has 2 fully saturated rings. The van der Waals surface area contributed by atoms with Gasteiger partial charge in [0.1, 0.15) is 0 Å². The fraction of sp³-hybridized carbons (Fsp3) is 0.762. The second-order valence-corrected chi connectivity index (χ2v) is 9.48. The molecule has 0 radical (unpaired) electrons. The summed E-state index contributed by atoms with van der Waals surface area (Å²) in [5.74, 6) is 1.77. The summed E-state index contributed by atoms with van der Waals surface area (Å²) in [7, 11) is 0. The first-order valence-corrected chi connectivity index (χ1v) is 9.31. The van der Waals surface area contributed by atoms with Crippen LogP contribution in [0.5, 0.6) is 0 Å². The minimum absolute atomic E-state index is 0.384. The van der Waals surface area contributed by atoms with Crippen molar-refractivity contribution in [2.45, 2.75) is 78.1 Å². The molecule has 4 atom stereocenters. The Morgan fingerprint density at radius 2 is 1.82 bits per heavy atom. The van der Waals surface area contributed by atoms with Gasteiger partial charge in [-0.1, -0.05) is 34.1 Å². The number of pyridine rings is 1. The van der Waals surface area contributed by atoms with Crippen molar-refractivity contribution in [2.24, 2.45) is 22.7 Å². The first-order chi connectivity index (χ1) is 10.4. The molecule has 1 aromatic rings. The molecule has 1 aromatic heterocycles.